The molecule has 4 nitrogen and oxygen atoms in total. The van der Waals surface area contributed by atoms with E-state index in [0.29, 0.717) is 11.5 Å². The maximum absolute atomic E-state index is 13.5. The highest BCUT2D eigenvalue weighted by Crippen LogP contribution is 2.26. The summed E-state index contributed by atoms with van der Waals surface area (Å²) < 4.78 is 20.4. The van der Waals surface area contributed by atoms with Gasteiger partial charge in [-0.25, -0.2) is 9.37 Å². The van der Waals surface area contributed by atoms with E-state index < -0.39 is 5.82 Å². The number of hydrogen-bond acceptors (Lipinski definition) is 3. The third-order valence-corrected chi connectivity index (χ3v) is 2.79. The van der Waals surface area contributed by atoms with Gasteiger partial charge in [0.25, 0.3) is 0 Å². The highest BCUT2D eigenvalue weighted by atomic mass is 19.1. The van der Waals surface area contributed by atoms with Crippen molar-refractivity contribution in [1.29, 1.82) is 0 Å². The predicted molar refractivity (Wildman–Crippen MR) is 65.6 cm³/mol. The molecule has 2 aromatic rings. The van der Waals surface area contributed by atoms with Crippen LogP contribution in [0.2, 0.25) is 0 Å². The zero-order valence-corrected chi connectivity index (χ0v) is 10.0. The van der Waals surface area contributed by atoms with Gasteiger partial charge in [-0.05, 0) is 6.42 Å². The molecule has 0 bridgehead atoms. The average Bonchev–Trinajstić information content (AvgIpc) is 2.60. The van der Waals surface area contributed by atoms with E-state index in [1.807, 2.05) is 4.57 Å². The number of benzene rings is 1. The highest BCUT2D eigenvalue weighted by Gasteiger charge is 2.12. The summed E-state index contributed by atoms with van der Waals surface area (Å²) in [5.74, 6) is 0.219. The van der Waals surface area contributed by atoms with Gasteiger partial charge in [-0.2, -0.15) is 0 Å². The van der Waals surface area contributed by atoms with Gasteiger partial charge in [-0.1, -0.05) is 13.3 Å². The van der Waals surface area contributed by atoms with E-state index in [4.69, 9.17) is 10.5 Å². The second kappa shape index (κ2) is 4.61. The Morgan fingerprint density at radius 2 is 2.24 bits per heavy atom. The van der Waals surface area contributed by atoms with E-state index in [9.17, 15) is 4.39 Å². The number of unbranched alkanes of at least 4 members (excludes halogenated alkanes) is 1. The Morgan fingerprint density at radius 1 is 1.47 bits per heavy atom. The maximum Gasteiger partial charge on any atom is 0.201 e. The third kappa shape index (κ3) is 2.05. The summed E-state index contributed by atoms with van der Waals surface area (Å²) in [6, 6.07) is 3.00. The van der Waals surface area contributed by atoms with Crippen molar-refractivity contribution in [3.05, 3.63) is 17.9 Å². The van der Waals surface area contributed by atoms with Gasteiger partial charge in [-0.15, -0.1) is 0 Å². The molecule has 1 heterocycles. The van der Waals surface area contributed by atoms with E-state index in [1.165, 1.54) is 13.2 Å². The number of fused-ring (bicyclic) bond motifs is 1. The quantitative estimate of drug-likeness (QED) is 0.889. The van der Waals surface area contributed by atoms with Crippen molar-refractivity contribution in [3.63, 3.8) is 0 Å². The minimum absolute atomic E-state index is 0.218. The Hall–Kier alpha value is -1.78. The summed E-state index contributed by atoms with van der Waals surface area (Å²) in [5, 5.41) is 0. The molecule has 0 radical (unpaired) electrons. The number of methoxy groups -OCH3 is 1. The number of ether oxygens (including phenoxy) is 1. The fourth-order valence-corrected chi connectivity index (χ4v) is 1.85. The monoisotopic (exact) mass is 237 g/mol. The van der Waals surface area contributed by atoms with Gasteiger partial charge in [0.05, 0.1) is 18.1 Å². The molecule has 0 spiro atoms. The number of halogens is 1. The summed E-state index contributed by atoms with van der Waals surface area (Å²) in [6.07, 6.45) is 2.08. The van der Waals surface area contributed by atoms with Crippen LogP contribution < -0.4 is 10.5 Å². The van der Waals surface area contributed by atoms with E-state index in [2.05, 4.69) is 11.9 Å². The van der Waals surface area contributed by atoms with Crippen LogP contribution in [0.3, 0.4) is 0 Å². The zero-order valence-electron chi connectivity index (χ0n) is 10.0. The lowest BCUT2D eigenvalue weighted by Gasteiger charge is -2.06. The lowest BCUT2D eigenvalue weighted by molar-refractivity contribution is 0.387. The maximum atomic E-state index is 13.5. The molecule has 17 heavy (non-hydrogen) atoms. The molecule has 5 heteroatoms. The number of nitrogen functional groups attached to an aromatic ring is 1. The van der Waals surface area contributed by atoms with Crippen LogP contribution in [-0.2, 0) is 6.54 Å². The van der Waals surface area contributed by atoms with Gasteiger partial charge < -0.3 is 15.0 Å². The molecule has 1 aromatic carbocycles. The Kier molecular flexibility index (Phi) is 3.17. The molecule has 1 aromatic heterocycles. The van der Waals surface area contributed by atoms with Gasteiger partial charge in [0.1, 0.15) is 0 Å². The van der Waals surface area contributed by atoms with Crippen LogP contribution in [0, 0.1) is 5.82 Å². The molecule has 2 rings (SSSR count). The van der Waals surface area contributed by atoms with Crippen LogP contribution in [-0.4, -0.2) is 16.7 Å². The number of nitrogens with zero attached hydrogens (tertiary/aromatic N) is 2. The molecule has 0 aliphatic heterocycles. The van der Waals surface area contributed by atoms with Crippen LogP contribution in [0.5, 0.6) is 5.75 Å². The van der Waals surface area contributed by atoms with Crippen molar-refractivity contribution in [2.24, 2.45) is 0 Å². The molecule has 0 aliphatic rings. The fourth-order valence-electron chi connectivity index (χ4n) is 1.85. The van der Waals surface area contributed by atoms with Crippen LogP contribution in [0.25, 0.3) is 11.0 Å². The summed E-state index contributed by atoms with van der Waals surface area (Å²) in [5.41, 5.74) is 7.20. The molecule has 92 valence electrons. The van der Waals surface area contributed by atoms with Crippen LogP contribution in [0.4, 0.5) is 10.3 Å². The molecule has 0 unspecified atom stereocenters. The fraction of sp³-hybridized carbons (Fsp3) is 0.417. The van der Waals surface area contributed by atoms with Gasteiger partial charge in [-0.3, -0.25) is 0 Å². The topological polar surface area (TPSA) is 53.1 Å². The third-order valence-electron chi connectivity index (χ3n) is 2.79. The second-order valence-electron chi connectivity index (χ2n) is 3.95. The first-order chi connectivity index (χ1) is 8.17. The minimum Gasteiger partial charge on any atom is -0.494 e. The summed E-state index contributed by atoms with van der Waals surface area (Å²) in [7, 11) is 1.44. The molecular weight excluding hydrogens is 221 g/mol. The van der Waals surface area contributed by atoms with Crippen molar-refractivity contribution in [2.75, 3.05) is 12.8 Å². The molecular formula is C12H16FN3O. The standard InChI is InChI=1S/C12H16FN3O/c1-3-4-5-16-10-7-11(17-2)8(13)6-9(10)15-12(16)14/h6-7H,3-5H2,1-2H3,(H2,14,15). The van der Waals surface area contributed by atoms with Crippen molar-refractivity contribution in [3.8, 4) is 5.75 Å². The first-order valence-electron chi connectivity index (χ1n) is 5.66. The number of aryl methyl sites for hydroxylation is 1. The van der Waals surface area contributed by atoms with Crippen molar-refractivity contribution < 1.29 is 9.13 Å². The van der Waals surface area contributed by atoms with E-state index in [1.54, 1.807) is 6.07 Å². The van der Waals surface area contributed by atoms with Crippen LogP contribution in [0.1, 0.15) is 19.8 Å². The molecule has 0 amide bonds. The summed E-state index contributed by atoms with van der Waals surface area (Å²) >= 11 is 0. The molecule has 0 saturated carbocycles. The second-order valence-corrected chi connectivity index (χ2v) is 3.95. The van der Waals surface area contributed by atoms with E-state index >= 15 is 0 Å². The predicted octanol–water partition coefficient (Wildman–Crippen LogP) is 2.57. The number of imidazole rings is 1. The number of nitrogens with two attached hydrogens (primary N) is 1. The molecule has 0 aliphatic carbocycles. The lowest BCUT2D eigenvalue weighted by atomic mass is 10.2. The Bertz CT molecular complexity index is 536. The van der Waals surface area contributed by atoms with E-state index in [0.717, 1.165) is 24.9 Å². The average molecular weight is 237 g/mol. The van der Waals surface area contributed by atoms with Crippen molar-refractivity contribution in [1.82, 2.24) is 9.55 Å². The number of anilines is 1. The van der Waals surface area contributed by atoms with Gasteiger partial charge in [0.15, 0.2) is 11.6 Å². The van der Waals surface area contributed by atoms with Crippen LogP contribution in [0.15, 0.2) is 12.1 Å². The van der Waals surface area contributed by atoms with Crippen molar-refractivity contribution >= 4 is 17.0 Å². The molecule has 0 fully saturated rings. The lowest BCUT2D eigenvalue weighted by Crippen LogP contribution is -2.03. The smallest absolute Gasteiger partial charge is 0.201 e. The van der Waals surface area contributed by atoms with Gasteiger partial charge >= 0.3 is 0 Å². The van der Waals surface area contributed by atoms with Crippen molar-refractivity contribution in [2.45, 2.75) is 26.3 Å². The first-order valence-corrected chi connectivity index (χ1v) is 5.66. The summed E-state index contributed by atoms with van der Waals surface area (Å²) in [4.78, 5) is 4.15. The highest BCUT2D eigenvalue weighted by molar-refractivity contribution is 5.80. The number of hydrogen-bond donors (Lipinski definition) is 1. The largest absolute Gasteiger partial charge is 0.494 e. The minimum atomic E-state index is -0.417. The normalized spacial score (nSPS) is 11.0. The Morgan fingerprint density at radius 3 is 2.88 bits per heavy atom. The Labute approximate surface area is 99.2 Å². The van der Waals surface area contributed by atoms with Crippen LogP contribution >= 0.6 is 0 Å². The SMILES string of the molecule is CCCCn1c(N)nc2cc(F)c(OC)cc21. The summed E-state index contributed by atoms with van der Waals surface area (Å²) in [6.45, 7) is 2.89. The van der Waals surface area contributed by atoms with E-state index in [-0.39, 0.29) is 5.75 Å². The number of rotatable bonds is 4. The first kappa shape index (κ1) is 11.7. The molecule has 2 N–H and O–H groups in total. The van der Waals surface area contributed by atoms with Gasteiger partial charge in [0.2, 0.25) is 5.95 Å². The van der Waals surface area contributed by atoms with Gasteiger partial charge in [0, 0.05) is 18.7 Å². The molecule has 0 saturated heterocycles. The molecule has 0 atom stereocenters. The zero-order chi connectivity index (χ0) is 12.4. The number of aromatic nitrogens is 2. The Balaban J connectivity index is 2.55.